The molecule has 0 amide bonds. The van der Waals surface area contributed by atoms with E-state index in [0.717, 1.165) is 25.7 Å². The summed E-state index contributed by atoms with van der Waals surface area (Å²) in [6.45, 7) is 7.51. The average molecular weight is 447 g/mol. The van der Waals surface area contributed by atoms with Gasteiger partial charge in [0.05, 0.1) is 13.2 Å². The second-order valence-electron chi connectivity index (χ2n) is 6.40. The molecule has 0 aliphatic heterocycles. The Bertz CT molecular complexity index is 232. The van der Waals surface area contributed by atoms with Gasteiger partial charge in [0.1, 0.15) is 0 Å². The molecule has 0 aromatic rings. The molecule has 0 saturated carbocycles. The first kappa shape index (κ1) is 30.1. The fourth-order valence-corrected chi connectivity index (χ4v) is 3.24. The Balaban J connectivity index is 0. The van der Waals surface area contributed by atoms with Gasteiger partial charge in [0.2, 0.25) is 0 Å². The van der Waals surface area contributed by atoms with Crippen LogP contribution in [0.2, 0.25) is 0 Å². The number of rotatable bonds is 20. The maximum Gasteiger partial charge on any atom is 0.389 e. The van der Waals surface area contributed by atoms with Crippen LogP contribution in [0.25, 0.3) is 0 Å². The lowest BCUT2D eigenvalue weighted by molar-refractivity contribution is -0.267. The van der Waals surface area contributed by atoms with Crippen LogP contribution in [0.4, 0.5) is 0 Å². The summed E-state index contributed by atoms with van der Waals surface area (Å²) in [7, 11) is -0.489. The minimum Gasteiger partial charge on any atom is -0.325 e. The fraction of sp³-hybridized carbons (Fsp3) is 1.00. The maximum absolute atomic E-state index is 9.36. The van der Waals surface area contributed by atoms with Gasteiger partial charge >= 0.3 is 8.60 Å². The third-order valence-electron chi connectivity index (χ3n) is 3.69. The van der Waals surface area contributed by atoms with Crippen molar-refractivity contribution in [3.05, 3.63) is 0 Å². The lowest BCUT2D eigenvalue weighted by atomic mass is 10.1. The van der Waals surface area contributed by atoms with Gasteiger partial charge in [-0.25, -0.2) is 9.78 Å². The standard InChI is InChI=1S/C16H35O5P.C3H8S2/c1-3-5-7-9-11-13-15-18-20-22(17)21-19-16-14-12-10-8-6-4-2;1-2-3-5-4/h17H,3-16H2,1-2H3;4H,2-3H2,1H3. The minimum absolute atomic E-state index is 0.478. The van der Waals surface area contributed by atoms with Gasteiger partial charge in [-0.2, -0.15) is 9.35 Å². The molecule has 0 radical (unpaired) electrons. The number of thiol groups is 1. The monoisotopic (exact) mass is 446 g/mol. The van der Waals surface area contributed by atoms with Gasteiger partial charge in [0.15, 0.2) is 0 Å². The van der Waals surface area contributed by atoms with Crippen molar-refractivity contribution in [3.8, 4) is 0 Å². The van der Waals surface area contributed by atoms with E-state index in [1.54, 1.807) is 10.8 Å². The first-order chi connectivity index (χ1) is 13.2. The molecule has 0 atom stereocenters. The Labute approximate surface area is 178 Å². The van der Waals surface area contributed by atoms with E-state index in [0.29, 0.717) is 13.2 Å². The van der Waals surface area contributed by atoms with Crippen molar-refractivity contribution in [1.82, 2.24) is 0 Å². The molecule has 1 N–H and O–H groups in total. The van der Waals surface area contributed by atoms with Crippen LogP contribution in [0.15, 0.2) is 0 Å². The second kappa shape index (κ2) is 29.1. The van der Waals surface area contributed by atoms with Crippen LogP contribution in [0, 0.1) is 0 Å². The summed E-state index contributed by atoms with van der Waals surface area (Å²) in [4.78, 5) is 19.2. The van der Waals surface area contributed by atoms with E-state index < -0.39 is 8.60 Å². The highest BCUT2D eigenvalue weighted by Crippen LogP contribution is 2.33. The molecule has 0 aromatic carbocycles. The van der Waals surface area contributed by atoms with Crippen LogP contribution in [0.1, 0.15) is 104 Å². The minimum atomic E-state index is -2.09. The van der Waals surface area contributed by atoms with E-state index in [-0.39, 0.29) is 0 Å². The number of hydrogen-bond acceptors (Lipinski definition) is 7. The lowest BCUT2D eigenvalue weighted by Crippen LogP contribution is -1.98. The SMILES string of the molecule is CCCCCCCCOOP(O)OOCCCCCCCC.CCCSS. The molecule has 166 valence electrons. The highest BCUT2D eigenvalue weighted by molar-refractivity contribution is 8.68. The van der Waals surface area contributed by atoms with Crippen molar-refractivity contribution < 1.29 is 24.0 Å². The van der Waals surface area contributed by atoms with Gasteiger partial charge in [-0.05, 0) is 19.3 Å². The van der Waals surface area contributed by atoms with E-state index in [1.165, 1.54) is 63.5 Å². The van der Waals surface area contributed by atoms with Crippen molar-refractivity contribution in [2.45, 2.75) is 104 Å². The topological polar surface area (TPSA) is 57.2 Å². The van der Waals surface area contributed by atoms with Crippen molar-refractivity contribution in [1.29, 1.82) is 0 Å². The molecule has 0 heterocycles. The predicted octanol–water partition coefficient (Wildman–Crippen LogP) is 7.80. The van der Waals surface area contributed by atoms with Crippen molar-refractivity contribution in [2.75, 3.05) is 19.0 Å². The number of unbranched alkanes of at least 4 members (excludes halogenated alkanes) is 10. The van der Waals surface area contributed by atoms with Crippen LogP contribution < -0.4 is 0 Å². The average Bonchev–Trinajstić information content (AvgIpc) is 2.67. The predicted molar refractivity (Wildman–Crippen MR) is 122 cm³/mol. The zero-order chi connectivity index (χ0) is 20.4. The second-order valence-corrected chi connectivity index (χ2v) is 8.61. The summed E-state index contributed by atoms with van der Waals surface area (Å²) in [5.41, 5.74) is 0. The van der Waals surface area contributed by atoms with Gasteiger partial charge in [0, 0.05) is 5.75 Å². The molecule has 0 aliphatic carbocycles. The summed E-state index contributed by atoms with van der Waals surface area (Å²) < 4.78 is 9.40. The first-order valence-electron chi connectivity index (χ1n) is 10.6. The van der Waals surface area contributed by atoms with Gasteiger partial charge < -0.3 is 4.89 Å². The molecule has 0 bridgehead atoms. The lowest BCUT2D eigenvalue weighted by Gasteiger charge is -2.08. The quantitative estimate of drug-likeness (QED) is 0.0497. The Kier molecular flexibility index (Phi) is 32.5. The van der Waals surface area contributed by atoms with Gasteiger partial charge in [-0.3, -0.25) is 0 Å². The van der Waals surface area contributed by atoms with Crippen LogP contribution in [0.3, 0.4) is 0 Å². The van der Waals surface area contributed by atoms with E-state index in [2.05, 4.69) is 32.4 Å². The molecule has 0 rings (SSSR count). The summed E-state index contributed by atoms with van der Waals surface area (Å²) in [5, 5.41) is 0. The third kappa shape index (κ3) is 31.8. The zero-order valence-electron chi connectivity index (χ0n) is 17.7. The van der Waals surface area contributed by atoms with E-state index in [1.807, 2.05) is 0 Å². The van der Waals surface area contributed by atoms with Crippen molar-refractivity contribution >= 4 is 31.1 Å². The molecule has 0 saturated heterocycles. The molecule has 8 heteroatoms. The summed E-state index contributed by atoms with van der Waals surface area (Å²) in [6.07, 6.45) is 15.5. The third-order valence-corrected chi connectivity index (χ3v) is 5.30. The van der Waals surface area contributed by atoms with Crippen LogP contribution >= 0.6 is 31.1 Å². The van der Waals surface area contributed by atoms with E-state index in [4.69, 9.17) is 19.1 Å². The Morgan fingerprint density at radius 3 is 1.41 bits per heavy atom. The van der Waals surface area contributed by atoms with E-state index >= 15 is 0 Å². The van der Waals surface area contributed by atoms with Gasteiger partial charge in [-0.15, -0.1) is 11.7 Å². The molecule has 27 heavy (non-hydrogen) atoms. The maximum atomic E-state index is 9.36. The van der Waals surface area contributed by atoms with Crippen LogP contribution in [-0.2, 0) is 19.1 Å². The van der Waals surface area contributed by atoms with Crippen LogP contribution in [0.5, 0.6) is 0 Å². The first-order valence-corrected chi connectivity index (χ1v) is 13.7. The van der Waals surface area contributed by atoms with Crippen LogP contribution in [-0.4, -0.2) is 23.9 Å². The molecule has 0 aliphatic rings. The van der Waals surface area contributed by atoms with Crippen molar-refractivity contribution in [3.63, 3.8) is 0 Å². The van der Waals surface area contributed by atoms with Crippen molar-refractivity contribution in [2.24, 2.45) is 0 Å². The van der Waals surface area contributed by atoms with E-state index in [9.17, 15) is 4.89 Å². The Morgan fingerprint density at radius 1 is 0.667 bits per heavy atom. The molecule has 0 spiro atoms. The molecule has 0 fully saturated rings. The molecular formula is C19H43O5PS2. The molecule has 0 aromatic heterocycles. The zero-order valence-corrected chi connectivity index (χ0v) is 20.3. The highest BCUT2D eigenvalue weighted by atomic mass is 33.1. The Morgan fingerprint density at radius 2 is 1.07 bits per heavy atom. The van der Waals surface area contributed by atoms with Gasteiger partial charge in [0.25, 0.3) is 0 Å². The fourth-order valence-electron chi connectivity index (χ4n) is 2.15. The summed E-state index contributed by atoms with van der Waals surface area (Å²) in [6, 6.07) is 0. The molecular weight excluding hydrogens is 403 g/mol. The Hall–Kier alpha value is 0.930. The summed E-state index contributed by atoms with van der Waals surface area (Å²) in [5.74, 6) is 1.17. The highest BCUT2D eigenvalue weighted by Gasteiger charge is 2.09. The number of hydrogen-bond donors (Lipinski definition) is 2. The summed E-state index contributed by atoms with van der Waals surface area (Å²) >= 11 is 3.92. The normalized spacial score (nSPS) is 10.9. The molecule has 0 unspecified atom stereocenters. The largest absolute Gasteiger partial charge is 0.389 e. The smallest absolute Gasteiger partial charge is 0.325 e. The molecule has 5 nitrogen and oxygen atoms in total. The van der Waals surface area contributed by atoms with Gasteiger partial charge in [-0.1, -0.05) is 95.8 Å².